The summed E-state index contributed by atoms with van der Waals surface area (Å²) in [5, 5.41) is 17.7. The lowest BCUT2D eigenvalue weighted by Gasteiger charge is -2.23. The Kier molecular flexibility index (Phi) is 2.03. The van der Waals surface area contributed by atoms with E-state index in [2.05, 4.69) is 6.07 Å². The summed E-state index contributed by atoms with van der Waals surface area (Å²) in [4.78, 5) is 0. The molecule has 2 aliphatic rings. The smallest absolute Gasteiger partial charge is 0.0634 e. The number of ether oxygens (including phenoxy) is 1. The molecule has 2 rings (SSSR count). The molecular formula is C9H13NO2. The molecule has 2 fully saturated rings. The van der Waals surface area contributed by atoms with Gasteiger partial charge in [0.05, 0.1) is 18.3 Å². The summed E-state index contributed by atoms with van der Waals surface area (Å²) in [6, 6.07) is 2.17. The van der Waals surface area contributed by atoms with Gasteiger partial charge in [0.1, 0.15) is 0 Å². The zero-order chi connectivity index (χ0) is 8.55. The molecule has 0 spiro atoms. The molecule has 3 heteroatoms. The van der Waals surface area contributed by atoms with Gasteiger partial charge >= 0.3 is 0 Å². The van der Waals surface area contributed by atoms with Gasteiger partial charge in [0.15, 0.2) is 0 Å². The van der Waals surface area contributed by atoms with Gasteiger partial charge in [0.25, 0.3) is 0 Å². The van der Waals surface area contributed by atoms with Crippen LogP contribution in [-0.2, 0) is 4.74 Å². The van der Waals surface area contributed by atoms with Crippen LogP contribution in [0.1, 0.15) is 19.3 Å². The number of rotatable bonds is 2. The van der Waals surface area contributed by atoms with Crippen LogP contribution in [0.25, 0.3) is 0 Å². The summed E-state index contributed by atoms with van der Waals surface area (Å²) in [7, 11) is 0. The Bertz CT molecular complexity index is 211. The Hall–Kier alpha value is -0.590. The number of aliphatic hydroxyl groups is 1. The first-order valence-electron chi connectivity index (χ1n) is 4.50. The van der Waals surface area contributed by atoms with Gasteiger partial charge in [-0.3, -0.25) is 0 Å². The van der Waals surface area contributed by atoms with E-state index in [-0.39, 0.29) is 24.7 Å². The Balaban J connectivity index is 2.07. The molecule has 2 bridgehead atoms. The normalized spacial score (nSPS) is 44.7. The predicted octanol–water partition coefficient (Wildman–Crippen LogP) is 0.686. The van der Waals surface area contributed by atoms with Gasteiger partial charge in [-0.1, -0.05) is 0 Å². The highest BCUT2D eigenvalue weighted by molar-refractivity contribution is 4.98. The minimum atomic E-state index is 0.174. The molecule has 3 nitrogen and oxygen atoms in total. The van der Waals surface area contributed by atoms with E-state index in [0.29, 0.717) is 12.3 Å². The fraction of sp³-hybridized carbons (Fsp3) is 0.889. The van der Waals surface area contributed by atoms with Crippen molar-refractivity contribution in [3.8, 4) is 6.07 Å². The lowest BCUT2D eigenvalue weighted by molar-refractivity contribution is 0.0787. The number of nitrogens with zero attached hydrogens (tertiary/aromatic N) is 1. The van der Waals surface area contributed by atoms with Crippen molar-refractivity contribution in [2.45, 2.75) is 31.5 Å². The lowest BCUT2D eigenvalue weighted by Crippen LogP contribution is -2.29. The number of hydrogen-bond donors (Lipinski definition) is 1. The molecule has 66 valence electrons. The van der Waals surface area contributed by atoms with Crippen molar-refractivity contribution in [2.75, 3.05) is 6.61 Å². The van der Waals surface area contributed by atoms with Gasteiger partial charge in [0, 0.05) is 24.9 Å². The number of aliphatic hydroxyl groups excluding tert-OH is 1. The molecular weight excluding hydrogens is 154 g/mol. The highest BCUT2D eigenvalue weighted by atomic mass is 16.5. The fourth-order valence-electron chi connectivity index (χ4n) is 2.51. The second-order valence-electron chi connectivity index (χ2n) is 3.66. The standard InChI is InChI=1S/C9H13NO2/c10-4-3-6-7(5-11)9-2-1-8(6)12-9/h6-9,11H,1-3,5H2/t6-,7+,8-,9+/m1/s1. The van der Waals surface area contributed by atoms with Gasteiger partial charge in [-0.2, -0.15) is 5.26 Å². The third-order valence-electron chi connectivity index (χ3n) is 3.13. The van der Waals surface area contributed by atoms with E-state index in [9.17, 15) is 0 Å². The first kappa shape index (κ1) is 8.03. The van der Waals surface area contributed by atoms with Crippen LogP contribution < -0.4 is 0 Å². The average Bonchev–Trinajstić information content (AvgIpc) is 2.64. The van der Waals surface area contributed by atoms with E-state index in [1.165, 1.54) is 0 Å². The monoisotopic (exact) mass is 167 g/mol. The molecule has 12 heavy (non-hydrogen) atoms. The highest BCUT2D eigenvalue weighted by Crippen LogP contribution is 2.44. The van der Waals surface area contributed by atoms with Crippen LogP contribution >= 0.6 is 0 Å². The number of fused-ring (bicyclic) bond motifs is 2. The SMILES string of the molecule is N#CC[C@@H]1[C@H](CO)[C@@H]2CC[C@H]1O2. The second kappa shape index (κ2) is 3.04. The molecule has 2 aliphatic heterocycles. The van der Waals surface area contributed by atoms with E-state index in [4.69, 9.17) is 15.1 Å². The van der Waals surface area contributed by atoms with Crippen molar-refractivity contribution in [3.05, 3.63) is 0 Å². The van der Waals surface area contributed by atoms with E-state index in [1.807, 2.05) is 0 Å². The quantitative estimate of drug-likeness (QED) is 0.658. The number of hydrogen-bond acceptors (Lipinski definition) is 3. The maximum atomic E-state index is 9.10. The van der Waals surface area contributed by atoms with E-state index in [0.717, 1.165) is 12.8 Å². The number of nitriles is 1. The molecule has 0 aromatic rings. The minimum absolute atomic E-state index is 0.174. The van der Waals surface area contributed by atoms with Gasteiger partial charge < -0.3 is 9.84 Å². The molecule has 0 aromatic heterocycles. The molecule has 4 atom stereocenters. The summed E-state index contributed by atoms with van der Waals surface area (Å²) >= 11 is 0. The zero-order valence-corrected chi connectivity index (χ0v) is 6.94. The van der Waals surface area contributed by atoms with Gasteiger partial charge in [-0.05, 0) is 12.8 Å². The summed E-state index contributed by atoms with van der Waals surface area (Å²) in [5.74, 6) is 0.516. The molecule has 2 heterocycles. The van der Waals surface area contributed by atoms with E-state index in [1.54, 1.807) is 0 Å². The minimum Gasteiger partial charge on any atom is -0.396 e. The maximum Gasteiger partial charge on any atom is 0.0634 e. The van der Waals surface area contributed by atoms with Crippen molar-refractivity contribution < 1.29 is 9.84 Å². The molecule has 0 saturated carbocycles. The molecule has 0 aliphatic carbocycles. The Morgan fingerprint density at radius 3 is 2.58 bits per heavy atom. The van der Waals surface area contributed by atoms with Crippen molar-refractivity contribution in [1.29, 1.82) is 5.26 Å². The van der Waals surface area contributed by atoms with Crippen LogP contribution in [0.4, 0.5) is 0 Å². The Labute approximate surface area is 71.9 Å². The van der Waals surface area contributed by atoms with Crippen molar-refractivity contribution in [3.63, 3.8) is 0 Å². The second-order valence-corrected chi connectivity index (χ2v) is 3.66. The van der Waals surface area contributed by atoms with Gasteiger partial charge in [0.2, 0.25) is 0 Å². The van der Waals surface area contributed by atoms with Crippen molar-refractivity contribution in [1.82, 2.24) is 0 Å². The van der Waals surface area contributed by atoms with Crippen LogP contribution in [0.3, 0.4) is 0 Å². The lowest BCUT2D eigenvalue weighted by atomic mass is 9.78. The summed E-state index contributed by atoms with van der Waals surface area (Å²) < 4.78 is 5.63. The van der Waals surface area contributed by atoms with Crippen LogP contribution in [-0.4, -0.2) is 23.9 Å². The molecule has 0 amide bonds. The first-order valence-corrected chi connectivity index (χ1v) is 4.50. The fourth-order valence-corrected chi connectivity index (χ4v) is 2.51. The van der Waals surface area contributed by atoms with Gasteiger partial charge in [-0.25, -0.2) is 0 Å². The highest BCUT2D eigenvalue weighted by Gasteiger charge is 2.48. The zero-order valence-electron chi connectivity index (χ0n) is 6.94. The third-order valence-corrected chi connectivity index (χ3v) is 3.13. The summed E-state index contributed by atoms with van der Waals surface area (Å²) in [5.41, 5.74) is 0. The van der Waals surface area contributed by atoms with Crippen LogP contribution in [0.5, 0.6) is 0 Å². The molecule has 2 saturated heterocycles. The Morgan fingerprint density at radius 2 is 2.00 bits per heavy atom. The third kappa shape index (κ3) is 1.03. The van der Waals surface area contributed by atoms with Crippen LogP contribution in [0.15, 0.2) is 0 Å². The Morgan fingerprint density at radius 1 is 1.33 bits per heavy atom. The average molecular weight is 167 g/mol. The summed E-state index contributed by atoms with van der Waals surface area (Å²) in [6.07, 6.45) is 3.17. The van der Waals surface area contributed by atoms with Crippen LogP contribution in [0, 0.1) is 23.2 Å². The van der Waals surface area contributed by atoms with Crippen molar-refractivity contribution in [2.24, 2.45) is 11.8 Å². The molecule has 0 aromatic carbocycles. The topological polar surface area (TPSA) is 53.2 Å². The van der Waals surface area contributed by atoms with E-state index >= 15 is 0 Å². The summed E-state index contributed by atoms with van der Waals surface area (Å²) in [6.45, 7) is 0.174. The maximum absolute atomic E-state index is 9.10. The largest absolute Gasteiger partial charge is 0.396 e. The molecule has 1 N–H and O–H groups in total. The molecule has 0 radical (unpaired) electrons. The van der Waals surface area contributed by atoms with Crippen LogP contribution in [0.2, 0.25) is 0 Å². The van der Waals surface area contributed by atoms with Crippen molar-refractivity contribution >= 4 is 0 Å². The first-order chi connectivity index (χ1) is 5.86. The van der Waals surface area contributed by atoms with E-state index < -0.39 is 0 Å². The molecule has 0 unspecified atom stereocenters. The van der Waals surface area contributed by atoms with Gasteiger partial charge in [-0.15, -0.1) is 0 Å². The predicted molar refractivity (Wildman–Crippen MR) is 42.2 cm³/mol.